The third-order valence-corrected chi connectivity index (χ3v) is 5.53. The number of halogens is 2. The van der Waals surface area contributed by atoms with Gasteiger partial charge in [0.15, 0.2) is 11.5 Å². The largest absolute Gasteiger partial charge is 0.505 e. The molecule has 2 aromatic rings. The number of hydrogen-bond acceptors (Lipinski definition) is 6. The Kier molecular flexibility index (Phi) is 11.3. The molecule has 0 aliphatic heterocycles. The van der Waals surface area contributed by atoms with E-state index in [1.165, 1.54) is 6.07 Å². The van der Waals surface area contributed by atoms with Gasteiger partial charge in [0.1, 0.15) is 11.1 Å². The molecule has 0 aliphatic rings. The van der Waals surface area contributed by atoms with E-state index in [0.29, 0.717) is 13.2 Å². The summed E-state index contributed by atoms with van der Waals surface area (Å²) in [7, 11) is 0. The summed E-state index contributed by atoms with van der Waals surface area (Å²) >= 11 is 12.5. The first-order chi connectivity index (χ1) is 15.9. The van der Waals surface area contributed by atoms with Crippen molar-refractivity contribution >= 4 is 35.1 Å². The Labute approximate surface area is 204 Å². The van der Waals surface area contributed by atoms with E-state index in [4.69, 9.17) is 38.4 Å². The van der Waals surface area contributed by atoms with Crippen LogP contribution in [0.2, 0.25) is 10.0 Å². The van der Waals surface area contributed by atoms with E-state index >= 15 is 0 Å². The molecule has 2 rings (SSSR count). The van der Waals surface area contributed by atoms with Crippen molar-refractivity contribution in [1.29, 1.82) is 0 Å². The average molecular weight is 497 g/mol. The van der Waals surface area contributed by atoms with E-state index in [1.54, 1.807) is 6.92 Å². The van der Waals surface area contributed by atoms with Crippen molar-refractivity contribution in [3.63, 3.8) is 0 Å². The monoisotopic (exact) mass is 496 g/mol. The zero-order chi connectivity index (χ0) is 24.2. The van der Waals surface area contributed by atoms with Crippen LogP contribution in [0.15, 0.2) is 36.4 Å². The van der Waals surface area contributed by atoms with E-state index in [9.17, 15) is 14.7 Å². The van der Waals surface area contributed by atoms with Crippen LogP contribution in [0, 0.1) is 0 Å². The molecule has 2 aromatic carbocycles. The van der Waals surface area contributed by atoms with Crippen LogP contribution in [0.25, 0.3) is 0 Å². The molecular formula is C24H30Cl2N2O5. The van der Waals surface area contributed by atoms with Gasteiger partial charge in [0, 0.05) is 6.42 Å². The number of carbonyl (C=O) groups is 2. The van der Waals surface area contributed by atoms with Crippen molar-refractivity contribution in [2.24, 2.45) is 5.73 Å². The lowest BCUT2D eigenvalue weighted by molar-refractivity contribution is -0.145. The minimum atomic E-state index is -0.957. The second-order valence-electron chi connectivity index (χ2n) is 7.42. The fourth-order valence-corrected chi connectivity index (χ4v) is 3.76. The number of nitrogens with two attached hydrogens (primary N) is 1. The van der Waals surface area contributed by atoms with Gasteiger partial charge >= 0.3 is 5.97 Å². The normalized spacial score (nSPS) is 11.6. The molecule has 7 nitrogen and oxygen atoms in total. The lowest BCUT2D eigenvalue weighted by Crippen LogP contribution is -2.43. The van der Waals surface area contributed by atoms with Gasteiger partial charge in [0.2, 0.25) is 0 Å². The molecule has 9 heteroatoms. The second-order valence-corrected chi connectivity index (χ2v) is 8.20. The maximum absolute atomic E-state index is 12.9. The molecule has 0 fully saturated rings. The maximum atomic E-state index is 12.9. The third-order valence-electron chi connectivity index (χ3n) is 4.90. The Morgan fingerprint density at radius 3 is 2.48 bits per heavy atom. The van der Waals surface area contributed by atoms with Gasteiger partial charge < -0.3 is 25.6 Å². The molecule has 0 bridgehead atoms. The number of ether oxygens (including phenoxy) is 2. The van der Waals surface area contributed by atoms with Crippen molar-refractivity contribution in [3.8, 4) is 11.5 Å². The van der Waals surface area contributed by atoms with Crippen LogP contribution < -0.4 is 15.8 Å². The zero-order valence-corrected chi connectivity index (χ0v) is 20.1. The van der Waals surface area contributed by atoms with Crippen molar-refractivity contribution in [2.45, 2.75) is 45.1 Å². The van der Waals surface area contributed by atoms with Gasteiger partial charge in [-0.1, -0.05) is 66.4 Å². The number of unbranched alkanes of at least 4 members (excludes halogenated alkanes) is 3. The van der Waals surface area contributed by atoms with Crippen LogP contribution in [0.5, 0.6) is 11.5 Å². The quantitative estimate of drug-likeness (QED) is 0.278. The summed E-state index contributed by atoms with van der Waals surface area (Å²) in [6.45, 7) is 2.86. The van der Waals surface area contributed by atoms with Gasteiger partial charge in [-0.3, -0.25) is 4.79 Å². The topological polar surface area (TPSA) is 111 Å². The van der Waals surface area contributed by atoms with Gasteiger partial charge in [0.25, 0.3) is 5.91 Å². The molecule has 0 heterocycles. The van der Waals surface area contributed by atoms with E-state index in [1.807, 2.05) is 30.3 Å². The zero-order valence-electron chi connectivity index (χ0n) is 18.6. The lowest BCUT2D eigenvalue weighted by atomic mass is 10.1. The first kappa shape index (κ1) is 26.8. The molecule has 33 heavy (non-hydrogen) atoms. The fourth-order valence-electron chi connectivity index (χ4n) is 3.19. The van der Waals surface area contributed by atoms with Gasteiger partial charge in [-0.2, -0.15) is 0 Å². The molecule has 1 amide bonds. The van der Waals surface area contributed by atoms with E-state index < -0.39 is 23.7 Å². The number of esters is 1. The Morgan fingerprint density at radius 2 is 1.82 bits per heavy atom. The van der Waals surface area contributed by atoms with Gasteiger partial charge in [0.05, 0.1) is 23.8 Å². The van der Waals surface area contributed by atoms with Crippen molar-refractivity contribution in [1.82, 2.24) is 5.32 Å². The maximum Gasteiger partial charge on any atom is 0.328 e. The standard InChI is InChI=1S/C24H30Cl2N2O5/c1-2-32-24(31)19(14-16-10-6-5-7-11-16)28-23(30)17-15-18(25)22(20(26)21(17)29)33-13-9-4-3-8-12-27/h5-7,10-11,15,19,29H,2-4,8-9,12-14,27H2,1H3,(H,28,30). The summed E-state index contributed by atoms with van der Waals surface area (Å²) in [6.07, 6.45) is 3.88. The summed E-state index contributed by atoms with van der Waals surface area (Å²) in [6, 6.07) is 9.52. The van der Waals surface area contributed by atoms with E-state index in [2.05, 4.69) is 5.32 Å². The summed E-state index contributed by atoms with van der Waals surface area (Å²) in [4.78, 5) is 25.3. The SMILES string of the molecule is CCOC(=O)C(Cc1ccccc1)NC(=O)c1cc(Cl)c(OCCCCCCN)c(Cl)c1O. The van der Waals surface area contributed by atoms with Crippen LogP contribution in [0.4, 0.5) is 0 Å². The molecule has 180 valence electrons. The Bertz CT molecular complexity index is 925. The molecule has 0 spiro atoms. The van der Waals surface area contributed by atoms with Crippen molar-refractivity contribution in [3.05, 3.63) is 57.6 Å². The minimum Gasteiger partial charge on any atom is -0.505 e. The van der Waals surface area contributed by atoms with Crippen LogP contribution in [0.3, 0.4) is 0 Å². The van der Waals surface area contributed by atoms with Gasteiger partial charge in [-0.15, -0.1) is 0 Å². The smallest absolute Gasteiger partial charge is 0.328 e. The van der Waals surface area contributed by atoms with Gasteiger partial charge in [-0.05, 0) is 37.9 Å². The summed E-state index contributed by atoms with van der Waals surface area (Å²) < 4.78 is 10.7. The average Bonchev–Trinajstić information content (AvgIpc) is 2.80. The molecule has 0 aliphatic carbocycles. The van der Waals surface area contributed by atoms with Crippen LogP contribution in [0.1, 0.15) is 48.5 Å². The number of aromatic hydroxyl groups is 1. The van der Waals surface area contributed by atoms with Crippen LogP contribution >= 0.6 is 23.2 Å². The van der Waals surface area contributed by atoms with Crippen LogP contribution in [-0.2, 0) is 16.0 Å². The molecule has 0 aromatic heterocycles. The highest BCUT2D eigenvalue weighted by Crippen LogP contribution is 2.42. The van der Waals surface area contributed by atoms with Crippen molar-refractivity contribution < 1.29 is 24.2 Å². The van der Waals surface area contributed by atoms with Gasteiger partial charge in [-0.25, -0.2) is 4.79 Å². The summed E-state index contributed by atoms with van der Waals surface area (Å²) in [5.41, 5.74) is 6.15. The Morgan fingerprint density at radius 1 is 1.12 bits per heavy atom. The number of phenolic OH excluding ortho intramolecular Hbond substituents is 1. The van der Waals surface area contributed by atoms with E-state index in [-0.39, 0.29) is 34.4 Å². The predicted octanol–water partition coefficient (Wildman–Crippen LogP) is 4.50. The number of benzene rings is 2. The highest BCUT2D eigenvalue weighted by Gasteiger charge is 2.27. The van der Waals surface area contributed by atoms with Crippen LogP contribution in [-0.4, -0.2) is 42.8 Å². The predicted molar refractivity (Wildman–Crippen MR) is 129 cm³/mol. The molecule has 0 saturated carbocycles. The highest BCUT2D eigenvalue weighted by molar-refractivity contribution is 6.39. The first-order valence-electron chi connectivity index (χ1n) is 10.9. The third kappa shape index (κ3) is 8.11. The molecule has 1 unspecified atom stereocenters. The number of nitrogens with one attached hydrogen (secondary N) is 1. The Balaban J connectivity index is 2.13. The number of phenols is 1. The minimum absolute atomic E-state index is 0.0839. The molecule has 1 atom stereocenters. The fraction of sp³-hybridized carbons (Fsp3) is 0.417. The summed E-state index contributed by atoms with van der Waals surface area (Å²) in [5.74, 6) is -1.66. The molecule has 0 saturated heterocycles. The Hall–Kier alpha value is -2.48. The summed E-state index contributed by atoms with van der Waals surface area (Å²) in [5, 5.41) is 13.1. The van der Waals surface area contributed by atoms with Crippen molar-refractivity contribution in [2.75, 3.05) is 19.8 Å². The molecule has 0 radical (unpaired) electrons. The number of amides is 1. The first-order valence-corrected chi connectivity index (χ1v) is 11.7. The number of hydrogen-bond donors (Lipinski definition) is 3. The molecule has 4 N–H and O–H groups in total. The lowest BCUT2D eigenvalue weighted by Gasteiger charge is -2.19. The number of rotatable bonds is 13. The number of carbonyl (C=O) groups excluding carboxylic acids is 2. The highest BCUT2D eigenvalue weighted by atomic mass is 35.5. The molecular weight excluding hydrogens is 467 g/mol. The van der Waals surface area contributed by atoms with E-state index in [0.717, 1.165) is 31.2 Å². The second kappa shape index (κ2) is 13.9.